The van der Waals surface area contributed by atoms with E-state index in [0.29, 0.717) is 5.56 Å². The van der Waals surface area contributed by atoms with Crippen molar-refractivity contribution in [1.82, 2.24) is 0 Å². The minimum Gasteiger partial charge on any atom is -0.508 e. The van der Waals surface area contributed by atoms with E-state index in [9.17, 15) is 46.0 Å². The second-order valence-corrected chi connectivity index (χ2v) is 10.2. The SMILES string of the molecule is OC[C@H]1O[C@@H](Oc2cc3c(c(O)c2C/C=C/c2ccc(O)cc2)C[C@H](O)[C@@H](c2ccc(O)c(O)c2)O3)[C@H](O)[C@@H](O)[C@@H]1O. The number of phenolic OH excluding ortho intramolecular Hbond substituents is 4. The van der Waals surface area contributed by atoms with Crippen molar-refractivity contribution in [3.63, 3.8) is 0 Å². The Hall–Kier alpha value is -4.04. The molecule has 12 nitrogen and oxygen atoms in total. The Morgan fingerprint density at radius 2 is 1.60 bits per heavy atom. The van der Waals surface area contributed by atoms with Crippen LogP contribution in [0.4, 0.5) is 0 Å². The van der Waals surface area contributed by atoms with Crippen LogP contribution in [0.3, 0.4) is 0 Å². The Labute approximate surface area is 240 Å². The van der Waals surface area contributed by atoms with Crippen molar-refractivity contribution < 1.29 is 60.2 Å². The average molecular weight is 585 g/mol. The van der Waals surface area contributed by atoms with Gasteiger partial charge in [0.25, 0.3) is 0 Å². The summed E-state index contributed by atoms with van der Waals surface area (Å²) in [5, 5.41) is 91.9. The van der Waals surface area contributed by atoms with E-state index in [-0.39, 0.29) is 52.7 Å². The topological polar surface area (TPSA) is 210 Å². The Balaban J connectivity index is 1.51. The molecule has 42 heavy (non-hydrogen) atoms. The summed E-state index contributed by atoms with van der Waals surface area (Å²) >= 11 is 0. The van der Waals surface area contributed by atoms with Crippen molar-refractivity contribution in [2.24, 2.45) is 0 Å². The molecule has 0 radical (unpaired) electrons. The van der Waals surface area contributed by atoms with Crippen molar-refractivity contribution in [3.8, 4) is 34.5 Å². The maximum atomic E-state index is 11.3. The smallest absolute Gasteiger partial charge is 0.229 e. The minimum atomic E-state index is -1.71. The van der Waals surface area contributed by atoms with Crippen LogP contribution in [0.15, 0.2) is 54.6 Å². The lowest BCUT2D eigenvalue weighted by Crippen LogP contribution is -2.60. The van der Waals surface area contributed by atoms with Crippen LogP contribution >= 0.6 is 0 Å². The molecule has 0 amide bonds. The highest BCUT2D eigenvalue weighted by molar-refractivity contribution is 5.60. The average Bonchev–Trinajstić information content (AvgIpc) is 2.97. The number of aliphatic hydroxyl groups excluding tert-OH is 5. The molecule has 5 rings (SSSR count). The summed E-state index contributed by atoms with van der Waals surface area (Å²) in [4.78, 5) is 0. The molecular formula is C30H32O12. The van der Waals surface area contributed by atoms with E-state index in [2.05, 4.69) is 0 Å². The van der Waals surface area contributed by atoms with Gasteiger partial charge >= 0.3 is 0 Å². The van der Waals surface area contributed by atoms with Gasteiger partial charge in [-0.3, -0.25) is 0 Å². The molecule has 7 atom stereocenters. The van der Waals surface area contributed by atoms with Gasteiger partial charge in [0.1, 0.15) is 53.5 Å². The van der Waals surface area contributed by atoms with Gasteiger partial charge in [-0.05, 0) is 41.8 Å². The summed E-state index contributed by atoms with van der Waals surface area (Å²) < 4.78 is 17.4. The van der Waals surface area contributed by atoms with Gasteiger partial charge in [-0.1, -0.05) is 30.4 Å². The molecule has 1 saturated heterocycles. The zero-order chi connectivity index (χ0) is 30.1. The van der Waals surface area contributed by atoms with E-state index in [1.54, 1.807) is 24.3 Å². The number of aromatic hydroxyl groups is 4. The van der Waals surface area contributed by atoms with Gasteiger partial charge < -0.3 is 60.2 Å². The molecule has 9 N–H and O–H groups in total. The number of fused-ring (bicyclic) bond motifs is 1. The van der Waals surface area contributed by atoms with Crippen LogP contribution < -0.4 is 9.47 Å². The summed E-state index contributed by atoms with van der Waals surface area (Å²) in [6, 6.07) is 11.8. The fourth-order valence-corrected chi connectivity index (χ4v) is 5.04. The third-order valence-corrected chi connectivity index (χ3v) is 7.39. The lowest BCUT2D eigenvalue weighted by atomic mass is 9.91. The molecule has 2 aliphatic heterocycles. The number of ether oxygens (including phenoxy) is 3. The monoisotopic (exact) mass is 584 g/mol. The van der Waals surface area contributed by atoms with Gasteiger partial charge in [0, 0.05) is 23.6 Å². The van der Waals surface area contributed by atoms with Crippen molar-refractivity contribution in [3.05, 3.63) is 76.9 Å². The molecule has 2 heterocycles. The summed E-state index contributed by atoms with van der Waals surface area (Å²) in [5.41, 5.74) is 1.63. The molecule has 0 saturated carbocycles. The van der Waals surface area contributed by atoms with Crippen molar-refractivity contribution in [1.29, 1.82) is 0 Å². The van der Waals surface area contributed by atoms with E-state index < -0.39 is 55.3 Å². The summed E-state index contributed by atoms with van der Waals surface area (Å²) in [7, 11) is 0. The van der Waals surface area contributed by atoms with E-state index >= 15 is 0 Å². The maximum absolute atomic E-state index is 11.3. The van der Waals surface area contributed by atoms with Crippen LogP contribution in [0.1, 0.15) is 28.4 Å². The van der Waals surface area contributed by atoms with Gasteiger partial charge in [-0.2, -0.15) is 0 Å². The molecule has 3 aromatic rings. The maximum Gasteiger partial charge on any atom is 0.229 e. The molecule has 1 fully saturated rings. The van der Waals surface area contributed by atoms with Crippen molar-refractivity contribution in [2.45, 2.75) is 55.8 Å². The van der Waals surface area contributed by atoms with E-state index in [1.807, 2.05) is 0 Å². The van der Waals surface area contributed by atoms with Crippen LogP contribution in [0, 0.1) is 0 Å². The summed E-state index contributed by atoms with van der Waals surface area (Å²) in [6.07, 6.45) is -6.37. The van der Waals surface area contributed by atoms with Gasteiger partial charge in [-0.25, -0.2) is 0 Å². The minimum absolute atomic E-state index is 0.00497. The van der Waals surface area contributed by atoms with Crippen LogP contribution in [0.2, 0.25) is 0 Å². The van der Waals surface area contributed by atoms with E-state index in [4.69, 9.17) is 14.2 Å². The largest absolute Gasteiger partial charge is 0.508 e. The summed E-state index contributed by atoms with van der Waals surface area (Å²) in [6.45, 7) is -0.662. The molecule has 3 aromatic carbocycles. The van der Waals surface area contributed by atoms with Gasteiger partial charge in [0.2, 0.25) is 6.29 Å². The third-order valence-electron chi connectivity index (χ3n) is 7.39. The zero-order valence-electron chi connectivity index (χ0n) is 22.2. The number of phenols is 4. The second-order valence-electron chi connectivity index (χ2n) is 10.2. The number of allylic oxidation sites excluding steroid dienone is 1. The highest BCUT2D eigenvalue weighted by Gasteiger charge is 2.45. The molecular weight excluding hydrogens is 552 g/mol. The van der Waals surface area contributed by atoms with Crippen LogP contribution in [0.5, 0.6) is 34.5 Å². The Bertz CT molecular complexity index is 1440. The van der Waals surface area contributed by atoms with Crippen molar-refractivity contribution >= 4 is 6.08 Å². The molecule has 2 aliphatic rings. The summed E-state index contributed by atoms with van der Waals surface area (Å²) in [5.74, 6) is -0.778. The van der Waals surface area contributed by atoms with Crippen LogP contribution in [-0.2, 0) is 17.6 Å². The first-order valence-electron chi connectivity index (χ1n) is 13.2. The molecule has 0 aromatic heterocycles. The predicted molar refractivity (Wildman–Crippen MR) is 146 cm³/mol. The standard InChI is InChI=1S/C30H32O12/c31-13-24-26(37)27(38)28(39)30(42-24)41-22-12-23-18(11-21(35)29(40-23)15-6-9-19(33)20(34)10-15)25(36)17(22)3-1-2-14-4-7-16(32)8-5-14/h1-2,4-10,12,21,24,26-39H,3,11,13H2/b2-1+/t21-,24+,26+,27-,28+,29+,30+/m0/s1. The highest BCUT2D eigenvalue weighted by Crippen LogP contribution is 2.46. The fraction of sp³-hybridized carbons (Fsp3) is 0.333. The van der Waals surface area contributed by atoms with Crippen molar-refractivity contribution in [2.75, 3.05) is 6.61 Å². The Kier molecular flexibility index (Phi) is 8.45. The lowest BCUT2D eigenvalue weighted by molar-refractivity contribution is -0.277. The second kappa shape index (κ2) is 12.1. The molecule has 0 spiro atoms. The van der Waals surface area contributed by atoms with E-state index in [1.165, 1.54) is 36.4 Å². The predicted octanol–water partition coefficient (Wildman–Crippen LogP) is 0.981. The Morgan fingerprint density at radius 3 is 2.29 bits per heavy atom. The molecule has 0 bridgehead atoms. The van der Waals surface area contributed by atoms with Gasteiger partial charge in [0.15, 0.2) is 11.5 Å². The number of hydrogen-bond acceptors (Lipinski definition) is 12. The van der Waals surface area contributed by atoms with Gasteiger partial charge in [-0.15, -0.1) is 0 Å². The number of hydrogen-bond donors (Lipinski definition) is 9. The fourth-order valence-electron chi connectivity index (χ4n) is 5.04. The van der Waals surface area contributed by atoms with Crippen LogP contribution in [0.25, 0.3) is 6.08 Å². The number of benzene rings is 3. The Morgan fingerprint density at radius 1 is 0.857 bits per heavy atom. The first-order valence-corrected chi connectivity index (χ1v) is 13.2. The molecule has 224 valence electrons. The molecule has 0 unspecified atom stereocenters. The highest BCUT2D eigenvalue weighted by atomic mass is 16.7. The first kappa shape index (κ1) is 29.5. The number of rotatable bonds is 7. The lowest BCUT2D eigenvalue weighted by Gasteiger charge is -2.40. The quantitative estimate of drug-likeness (QED) is 0.178. The first-order chi connectivity index (χ1) is 20.1. The zero-order valence-corrected chi connectivity index (χ0v) is 22.2. The molecule has 0 aliphatic carbocycles. The van der Waals surface area contributed by atoms with E-state index in [0.717, 1.165) is 5.56 Å². The number of aliphatic hydroxyl groups is 5. The normalized spacial score (nSPS) is 27.4. The molecule has 12 heteroatoms. The van der Waals surface area contributed by atoms with Crippen LogP contribution in [-0.4, -0.2) is 89.4 Å². The third kappa shape index (κ3) is 5.81. The van der Waals surface area contributed by atoms with Gasteiger partial charge in [0.05, 0.1) is 12.7 Å².